The Labute approximate surface area is 101 Å². The first-order chi connectivity index (χ1) is 7.80. The first kappa shape index (κ1) is 11.7. The van der Waals surface area contributed by atoms with Crippen LogP contribution in [0.2, 0.25) is 0 Å². The van der Waals surface area contributed by atoms with E-state index in [9.17, 15) is 0 Å². The molecule has 0 atom stereocenters. The summed E-state index contributed by atoms with van der Waals surface area (Å²) in [6, 6.07) is 0. The summed E-state index contributed by atoms with van der Waals surface area (Å²) < 4.78 is 3.62. The summed E-state index contributed by atoms with van der Waals surface area (Å²) in [5.74, 6) is 0.670. The Morgan fingerprint density at radius 2 is 1.88 bits per heavy atom. The van der Waals surface area contributed by atoms with Crippen molar-refractivity contribution in [3.8, 4) is 11.3 Å². The molecule has 0 aromatic carbocycles. The van der Waals surface area contributed by atoms with Gasteiger partial charge in [-0.05, 0) is 0 Å². The molecule has 0 spiro atoms. The van der Waals surface area contributed by atoms with Crippen LogP contribution in [0.4, 0.5) is 5.82 Å². The van der Waals surface area contributed by atoms with Crippen LogP contribution in [0.1, 0.15) is 26.5 Å². The van der Waals surface area contributed by atoms with Gasteiger partial charge in [-0.2, -0.15) is 5.10 Å². The first-order valence-corrected chi connectivity index (χ1v) is 5.62. The van der Waals surface area contributed by atoms with Gasteiger partial charge in [0.15, 0.2) is 0 Å². The molecule has 0 aliphatic rings. The van der Waals surface area contributed by atoms with Crippen LogP contribution >= 0.6 is 0 Å². The molecule has 0 saturated heterocycles. The number of aromatic nitrogens is 4. The van der Waals surface area contributed by atoms with E-state index >= 15 is 0 Å². The standard InChI is InChI=1S/C12H19N5/c1-12(2,3)10-8(6-17(5)15-10)9-11(13)16(4)7-14-9/h6-7H,13H2,1-5H3. The molecule has 5 nitrogen and oxygen atoms in total. The Hall–Kier alpha value is -1.78. The number of rotatable bonds is 1. The number of hydrogen-bond acceptors (Lipinski definition) is 3. The van der Waals surface area contributed by atoms with E-state index in [0.717, 1.165) is 17.0 Å². The van der Waals surface area contributed by atoms with Gasteiger partial charge in [-0.25, -0.2) is 4.98 Å². The van der Waals surface area contributed by atoms with Gasteiger partial charge in [-0.3, -0.25) is 4.68 Å². The third-order valence-electron chi connectivity index (χ3n) is 2.78. The molecule has 2 rings (SSSR count). The molecule has 0 aliphatic carbocycles. The molecule has 0 aliphatic heterocycles. The lowest BCUT2D eigenvalue weighted by Crippen LogP contribution is -2.14. The fraction of sp³-hybridized carbons (Fsp3) is 0.500. The third-order valence-corrected chi connectivity index (χ3v) is 2.78. The number of hydrogen-bond donors (Lipinski definition) is 1. The summed E-state index contributed by atoms with van der Waals surface area (Å²) in [4.78, 5) is 4.36. The molecule has 0 fully saturated rings. The summed E-state index contributed by atoms with van der Waals surface area (Å²) in [6.07, 6.45) is 3.70. The van der Waals surface area contributed by atoms with Crippen molar-refractivity contribution in [2.75, 3.05) is 5.73 Å². The summed E-state index contributed by atoms with van der Waals surface area (Å²) in [7, 11) is 3.80. The molecular weight excluding hydrogens is 214 g/mol. The van der Waals surface area contributed by atoms with Gasteiger partial charge < -0.3 is 10.3 Å². The Morgan fingerprint density at radius 1 is 1.24 bits per heavy atom. The largest absolute Gasteiger partial charge is 0.383 e. The van der Waals surface area contributed by atoms with Gasteiger partial charge in [0.2, 0.25) is 0 Å². The van der Waals surface area contributed by atoms with E-state index < -0.39 is 0 Å². The molecule has 5 heteroatoms. The smallest absolute Gasteiger partial charge is 0.131 e. The van der Waals surface area contributed by atoms with Crippen molar-refractivity contribution >= 4 is 5.82 Å². The zero-order valence-corrected chi connectivity index (χ0v) is 11.0. The highest BCUT2D eigenvalue weighted by Gasteiger charge is 2.25. The Kier molecular flexibility index (Phi) is 2.49. The van der Waals surface area contributed by atoms with Gasteiger partial charge in [-0.15, -0.1) is 0 Å². The average molecular weight is 233 g/mol. The molecule has 0 amide bonds. The van der Waals surface area contributed by atoms with Gasteiger partial charge in [0.05, 0.1) is 12.0 Å². The molecule has 2 N–H and O–H groups in total. The lowest BCUT2D eigenvalue weighted by molar-refractivity contribution is 0.554. The molecule has 0 radical (unpaired) electrons. The number of nitrogens with two attached hydrogens (primary N) is 1. The lowest BCUT2D eigenvalue weighted by Gasteiger charge is -2.16. The van der Waals surface area contributed by atoms with E-state index in [1.54, 1.807) is 6.33 Å². The summed E-state index contributed by atoms with van der Waals surface area (Å²) in [6.45, 7) is 6.41. The van der Waals surface area contributed by atoms with Crippen molar-refractivity contribution in [1.82, 2.24) is 19.3 Å². The van der Waals surface area contributed by atoms with Crippen LogP contribution in [0.15, 0.2) is 12.5 Å². The normalized spacial score (nSPS) is 12.1. The number of anilines is 1. The number of imidazole rings is 1. The maximum absolute atomic E-state index is 6.02. The minimum absolute atomic E-state index is 0.0272. The second-order valence-electron chi connectivity index (χ2n) is 5.40. The Bertz CT molecular complexity index is 542. The third kappa shape index (κ3) is 1.92. The fourth-order valence-electron chi connectivity index (χ4n) is 1.86. The minimum Gasteiger partial charge on any atom is -0.383 e. The van der Waals surface area contributed by atoms with Crippen LogP contribution in [0.5, 0.6) is 0 Å². The fourth-order valence-corrected chi connectivity index (χ4v) is 1.86. The predicted molar refractivity (Wildman–Crippen MR) is 68.5 cm³/mol. The number of nitrogen functional groups attached to an aromatic ring is 1. The van der Waals surface area contributed by atoms with Gasteiger partial charge in [0.1, 0.15) is 11.5 Å². The highest BCUT2D eigenvalue weighted by atomic mass is 15.3. The average Bonchev–Trinajstić information content (AvgIpc) is 2.72. The van der Waals surface area contributed by atoms with E-state index in [0.29, 0.717) is 5.82 Å². The van der Waals surface area contributed by atoms with Gasteiger partial charge in [0, 0.05) is 31.3 Å². The maximum Gasteiger partial charge on any atom is 0.131 e. The Morgan fingerprint density at radius 3 is 2.35 bits per heavy atom. The first-order valence-electron chi connectivity index (χ1n) is 5.62. The van der Waals surface area contributed by atoms with Crippen molar-refractivity contribution in [3.05, 3.63) is 18.2 Å². The number of nitrogens with zero attached hydrogens (tertiary/aromatic N) is 4. The quantitative estimate of drug-likeness (QED) is 0.815. The van der Waals surface area contributed by atoms with E-state index in [1.165, 1.54) is 0 Å². The zero-order valence-electron chi connectivity index (χ0n) is 11.0. The molecule has 0 bridgehead atoms. The van der Waals surface area contributed by atoms with Crippen molar-refractivity contribution in [2.24, 2.45) is 14.1 Å². The topological polar surface area (TPSA) is 61.7 Å². The summed E-state index contributed by atoms with van der Waals surface area (Å²) in [5, 5.41) is 4.52. The van der Waals surface area contributed by atoms with E-state index in [1.807, 2.05) is 29.5 Å². The van der Waals surface area contributed by atoms with Gasteiger partial charge in [0.25, 0.3) is 0 Å². The SMILES string of the molecule is Cn1cc(-c2ncn(C)c2N)c(C(C)(C)C)n1. The van der Waals surface area contributed by atoms with Crippen LogP contribution in [0.3, 0.4) is 0 Å². The van der Waals surface area contributed by atoms with E-state index in [2.05, 4.69) is 30.9 Å². The monoisotopic (exact) mass is 233 g/mol. The lowest BCUT2D eigenvalue weighted by atomic mass is 9.89. The molecular formula is C12H19N5. The highest BCUT2D eigenvalue weighted by molar-refractivity contribution is 5.72. The van der Waals surface area contributed by atoms with Crippen LogP contribution in [0.25, 0.3) is 11.3 Å². The molecule has 0 unspecified atom stereocenters. The van der Waals surface area contributed by atoms with Crippen LogP contribution in [-0.2, 0) is 19.5 Å². The maximum atomic E-state index is 6.02. The molecule has 2 heterocycles. The molecule has 92 valence electrons. The zero-order chi connectivity index (χ0) is 12.8. The van der Waals surface area contributed by atoms with Crippen LogP contribution < -0.4 is 5.73 Å². The van der Waals surface area contributed by atoms with Crippen molar-refractivity contribution in [1.29, 1.82) is 0 Å². The van der Waals surface area contributed by atoms with E-state index in [-0.39, 0.29) is 5.41 Å². The van der Waals surface area contributed by atoms with E-state index in [4.69, 9.17) is 5.73 Å². The van der Waals surface area contributed by atoms with Crippen LogP contribution in [0, 0.1) is 0 Å². The van der Waals surface area contributed by atoms with Crippen LogP contribution in [-0.4, -0.2) is 19.3 Å². The van der Waals surface area contributed by atoms with Crippen molar-refractivity contribution in [2.45, 2.75) is 26.2 Å². The van der Waals surface area contributed by atoms with Gasteiger partial charge in [-0.1, -0.05) is 20.8 Å². The predicted octanol–water partition coefficient (Wildman–Crippen LogP) is 1.70. The van der Waals surface area contributed by atoms with Crippen molar-refractivity contribution in [3.63, 3.8) is 0 Å². The number of aryl methyl sites for hydroxylation is 2. The molecule has 17 heavy (non-hydrogen) atoms. The summed E-state index contributed by atoms with van der Waals surface area (Å²) >= 11 is 0. The summed E-state index contributed by atoms with van der Waals surface area (Å²) in [5.41, 5.74) is 8.83. The van der Waals surface area contributed by atoms with Gasteiger partial charge >= 0.3 is 0 Å². The Balaban J connectivity index is 2.64. The molecule has 2 aromatic heterocycles. The van der Waals surface area contributed by atoms with Crippen molar-refractivity contribution < 1.29 is 0 Å². The second-order valence-corrected chi connectivity index (χ2v) is 5.40. The second kappa shape index (κ2) is 3.61. The molecule has 2 aromatic rings. The highest BCUT2D eigenvalue weighted by Crippen LogP contribution is 2.33. The molecule has 0 saturated carbocycles. The minimum atomic E-state index is -0.0272.